The molecule has 24 heavy (non-hydrogen) atoms. The Morgan fingerprint density at radius 1 is 1.12 bits per heavy atom. The Balaban J connectivity index is 2.62. The summed E-state index contributed by atoms with van der Waals surface area (Å²) in [6.07, 6.45) is -1.29. The molecular formula is C8H18BO12P3. The van der Waals surface area contributed by atoms with Crippen molar-refractivity contribution < 1.29 is 55.9 Å². The Labute approximate surface area is 139 Å². The Morgan fingerprint density at radius 3 is 2.21 bits per heavy atom. The van der Waals surface area contributed by atoms with Crippen LogP contribution in [-0.2, 0) is 36.3 Å². The zero-order valence-electron chi connectivity index (χ0n) is 12.7. The SMILES string of the molecule is [B][C@H]1CC(OC(C)C)[C@@H](COP(=O)(O)OP(=O)(O)OP(=O)(O)O)O1. The van der Waals surface area contributed by atoms with Crippen molar-refractivity contribution in [1.29, 1.82) is 0 Å². The van der Waals surface area contributed by atoms with Crippen LogP contribution in [0.3, 0.4) is 0 Å². The number of ether oxygens (including phenoxy) is 2. The van der Waals surface area contributed by atoms with Crippen molar-refractivity contribution in [2.24, 2.45) is 0 Å². The van der Waals surface area contributed by atoms with E-state index in [4.69, 9.17) is 32.0 Å². The second kappa shape index (κ2) is 8.39. The normalized spacial score (nSPS) is 30.2. The maximum atomic E-state index is 11.6. The van der Waals surface area contributed by atoms with Gasteiger partial charge < -0.3 is 29.0 Å². The molecule has 0 aromatic rings. The summed E-state index contributed by atoms with van der Waals surface area (Å²) < 4.78 is 55.7. The lowest BCUT2D eigenvalue weighted by molar-refractivity contribution is -0.0571. The predicted molar refractivity (Wildman–Crippen MR) is 78.9 cm³/mol. The summed E-state index contributed by atoms with van der Waals surface area (Å²) in [5.74, 6) is 0. The molecule has 16 heteroatoms. The Bertz CT molecular complexity index is 563. The fraction of sp³-hybridized carbons (Fsp3) is 1.00. The summed E-state index contributed by atoms with van der Waals surface area (Å²) in [6, 6.07) is -0.691. The van der Waals surface area contributed by atoms with E-state index >= 15 is 0 Å². The molecule has 0 spiro atoms. The van der Waals surface area contributed by atoms with Crippen LogP contribution in [0.25, 0.3) is 0 Å². The molecule has 4 N–H and O–H groups in total. The highest BCUT2D eigenvalue weighted by molar-refractivity contribution is 7.66. The van der Waals surface area contributed by atoms with E-state index in [2.05, 4.69) is 13.1 Å². The lowest BCUT2D eigenvalue weighted by atomic mass is 9.96. The van der Waals surface area contributed by atoms with Gasteiger partial charge in [0.05, 0.1) is 18.8 Å². The molecule has 140 valence electrons. The Morgan fingerprint density at radius 2 is 1.71 bits per heavy atom. The van der Waals surface area contributed by atoms with Gasteiger partial charge in [-0.15, -0.1) is 0 Å². The average molecular weight is 410 g/mol. The lowest BCUT2D eigenvalue weighted by Gasteiger charge is -2.22. The number of hydrogen-bond donors (Lipinski definition) is 4. The molecule has 0 aliphatic carbocycles. The molecule has 3 unspecified atom stereocenters. The van der Waals surface area contributed by atoms with Crippen LogP contribution < -0.4 is 0 Å². The maximum Gasteiger partial charge on any atom is 0.490 e. The highest BCUT2D eigenvalue weighted by atomic mass is 31.3. The zero-order chi connectivity index (χ0) is 18.8. The molecule has 0 amide bonds. The first-order valence-corrected chi connectivity index (χ1v) is 11.1. The second-order valence-electron chi connectivity index (χ2n) is 5.06. The van der Waals surface area contributed by atoms with E-state index in [1.807, 2.05) is 0 Å². The number of phosphoric ester groups is 1. The third-order valence-electron chi connectivity index (χ3n) is 2.49. The summed E-state index contributed by atoms with van der Waals surface area (Å²) in [6.45, 7) is 2.92. The summed E-state index contributed by atoms with van der Waals surface area (Å²) in [4.78, 5) is 35.2. The van der Waals surface area contributed by atoms with Crippen LogP contribution in [0.5, 0.6) is 0 Å². The molecule has 2 radical (unpaired) electrons. The van der Waals surface area contributed by atoms with Gasteiger partial charge in [-0.2, -0.15) is 8.62 Å². The first kappa shape index (κ1) is 22.4. The summed E-state index contributed by atoms with van der Waals surface area (Å²) in [7, 11) is -10.6. The van der Waals surface area contributed by atoms with E-state index in [0.29, 0.717) is 6.42 Å². The second-order valence-corrected chi connectivity index (χ2v) is 9.48. The van der Waals surface area contributed by atoms with Crippen LogP contribution in [0.4, 0.5) is 0 Å². The van der Waals surface area contributed by atoms with Gasteiger partial charge in [-0.3, -0.25) is 4.52 Å². The van der Waals surface area contributed by atoms with E-state index in [1.54, 1.807) is 13.8 Å². The van der Waals surface area contributed by atoms with Crippen molar-refractivity contribution in [3.63, 3.8) is 0 Å². The number of rotatable bonds is 9. The molecule has 0 bridgehead atoms. The smallest absolute Gasteiger partial charge is 0.380 e. The van der Waals surface area contributed by atoms with Crippen molar-refractivity contribution >= 4 is 31.3 Å². The van der Waals surface area contributed by atoms with Crippen LogP contribution in [0, 0.1) is 0 Å². The molecule has 1 aliphatic rings. The zero-order valence-corrected chi connectivity index (χ0v) is 15.4. The van der Waals surface area contributed by atoms with E-state index < -0.39 is 48.3 Å². The van der Waals surface area contributed by atoms with Crippen molar-refractivity contribution in [3.05, 3.63) is 0 Å². The molecule has 1 saturated heterocycles. The fourth-order valence-corrected chi connectivity index (χ4v) is 4.89. The van der Waals surface area contributed by atoms with E-state index in [0.717, 1.165) is 0 Å². The van der Waals surface area contributed by atoms with E-state index in [-0.39, 0.29) is 6.10 Å². The van der Waals surface area contributed by atoms with Gasteiger partial charge in [-0.05, 0) is 20.3 Å². The molecule has 5 atom stereocenters. The molecule has 0 aromatic heterocycles. The minimum Gasteiger partial charge on any atom is -0.380 e. The molecule has 1 fully saturated rings. The van der Waals surface area contributed by atoms with Gasteiger partial charge in [-0.25, -0.2) is 13.7 Å². The largest absolute Gasteiger partial charge is 0.490 e. The van der Waals surface area contributed by atoms with Crippen molar-refractivity contribution in [1.82, 2.24) is 0 Å². The van der Waals surface area contributed by atoms with Gasteiger partial charge in [-0.1, -0.05) is 0 Å². The standard InChI is InChI=1S/C8H18BO12P3/c1-5(2)18-6-3-8(9)19-7(6)4-17-23(13,14)21-24(15,16)20-22(10,11)12/h5-8H,3-4H2,1-2H3,(H,13,14)(H,15,16)(H2,10,11,12)/t6?,7-,8-/m1/s1. The van der Waals surface area contributed by atoms with Gasteiger partial charge in [0, 0.05) is 6.00 Å². The molecule has 1 heterocycles. The van der Waals surface area contributed by atoms with E-state index in [9.17, 15) is 18.6 Å². The van der Waals surface area contributed by atoms with Crippen LogP contribution in [0.2, 0.25) is 0 Å². The first-order chi connectivity index (χ1) is 10.7. The van der Waals surface area contributed by atoms with E-state index in [1.165, 1.54) is 0 Å². The molecule has 12 nitrogen and oxygen atoms in total. The minimum absolute atomic E-state index is 0.183. The molecule has 0 saturated carbocycles. The molecule has 1 aliphatic heterocycles. The van der Waals surface area contributed by atoms with Crippen molar-refractivity contribution in [2.75, 3.05) is 6.61 Å². The Hall–Kier alpha value is 0.395. The quantitative estimate of drug-likeness (QED) is 0.304. The van der Waals surface area contributed by atoms with Gasteiger partial charge >= 0.3 is 23.5 Å². The van der Waals surface area contributed by atoms with Crippen LogP contribution in [0.1, 0.15) is 20.3 Å². The maximum absolute atomic E-state index is 11.6. The molecular weight excluding hydrogens is 392 g/mol. The topological polar surface area (TPSA) is 178 Å². The van der Waals surface area contributed by atoms with Crippen molar-refractivity contribution in [2.45, 2.75) is 44.6 Å². The Kier molecular flexibility index (Phi) is 7.84. The van der Waals surface area contributed by atoms with Gasteiger partial charge in [0.15, 0.2) is 0 Å². The lowest BCUT2D eigenvalue weighted by Crippen LogP contribution is -2.31. The summed E-state index contributed by atoms with van der Waals surface area (Å²) in [5.41, 5.74) is 0. The van der Waals surface area contributed by atoms with Crippen LogP contribution in [-0.4, -0.2) is 58.3 Å². The van der Waals surface area contributed by atoms with Gasteiger partial charge in [0.1, 0.15) is 14.0 Å². The molecule has 0 aromatic carbocycles. The fourth-order valence-electron chi connectivity index (χ4n) is 1.86. The third kappa shape index (κ3) is 8.67. The summed E-state index contributed by atoms with van der Waals surface area (Å²) in [5, 5.41) is 0. The monoisotopic (exact) mass is 410 g/mol. The molecule has 1 rings (SSSR count). The minimum atomic E-state index is -5.54. The average Bonchev–Trinajstić information content (AvgIpc) is 2.61. The van der Waals surface area contributed by atoms with Crippen molar-refractivity contribution in [3.8, 4) is 0 Å². The predicted octanol–water partition coefficient (Wildman–Crippen LogP) is 0.407. The third-order valence-corrected chi connectivity index (χ3v) is 6.30. The summed E-state index contributed by atoms with van der Waals surface area (Å²) >= 11 is 0. The van der Waals surface area contributed by atoms with Gasteiger partial charge in [0.2, 0.25) is 0 Å². The highest BCUT2D eigenvalue weighted by Gasteiger charge is 2.42. The number of phosphoric acid groups is 3. The van der Waals surface area contributed by atoms with Crippen LogP contribution in [0.15, 0.2) is 0 Å². The van der Waals surface area contributed by atoms with Crippen LogP contribution >= 0.6 is 23.5 Å². The number of hydrogen-bond acceptors (Lipinski definition) is 8. The van der Waals surface area contributed by atoms with Gasteiger partial charge in [0.25, 0.3) is 0 Å². The first-order valence-electron chi connectivity index (χ1n) is 6.54. The highest BCUT2D eigenvalue weighted by Crippen LogP contribution is 2.66.